The summed E-state index contributed by atoms with van der Waals surface area (Å²) in [6.45, 7) is 0.395. The van der Waals surface area contributed by atoms with Crippen molar-refractivity contribution in [2.75, 3.05) is 13.2 Å². The second kappa shape index (κ2) is 4.35. The van der Waals surface area contributed by atoms with Crippen molar-refractivity contribution < 1.29 is 9.90 Å². The van der Waals surface area contributed by atoms with Gasteiger partial charge in [0.1, 0.15) is 0 Å². The van der Waals surface area contributed by atoms with Gasteiger partial charge < -0.3 is 10.0 Å². The molecule has 1 heterocycles. The Kier molecular flexibility index (Phi) is 2.91. The molecule has 1 aromatic heterocycles. The Hall–Kier alpha value is -1.49. The third kappa shape index (κ3) is 2.30. The van der Waals surface area contributed by atoms with E-state index < -0.39 is 0 Å². The molecule has 0 unspecified atom stereocenters. The number of carbonyl (C=O) groups is 1. The molecule has 5 nitrogen and oxygen atoms in total. The van der Waals surface area contributed by atoms with Gasteiger partial charge >= 0.3 is 0 Å². The van der Waals surface area contributed by atoms with Crippen LogP contribution in [0, 0.1) is 0 Å². The van der Waals surface area contributed by atoms with E-state index in [2.05, 4.69) is 10.2 Å². The van der Waals surface area contributed by atoms with Crippen molar-refractivity contribution in [3.8, 4) is 0 Å². The van der Waals surface area contributed by atoms with Crippen LogP contribution in [0.15, 0.2) is 18.5 Å². The monoisotopic (exact) mass is 207 g/mol. The zero-order chi connectivity index (χ0) is 10.7. The molecule has 2 rings (SSSR count). The lowest BCUT2D eigenvalue weighted by molar-refractivity contribution is 0.0707. The lowest BCUT2D eigenvalue weighted by atomic mass is 10.2. The molecule has 0 bridgehead atoms. The first-order valence-electron chi connectivity index (χ1n) is 5.01. The zero-order valence-corrected chi connectivity index (χ0v) is 8.33. The van der Waals surface area contributed by atoms with Crippen LogP contribution in [0.5, 0.6) is 0 Å². The molecule has 5 heteroatoms. The van der Waals surface area contributed by atoms with E-state index in [0.717, 1.165) is 12.8 Å². The number of hydrogen-bond acceptors (Lipinski definition) is 4. The van der Waals surface area contributed by atoms with E-state index in [0.29, 0.717) is 18.2 Å². The fourth-order valence-corrected chi connectivity index (χ4v) is 1.53. The Morgan fingerprint density at radius 2 is 2.33 bits per heavy atom. The Morgan fingerprint density at radius 1 is 1.53 bits per heavy atom. The summed E-state index contributed by atoms with van der Waals surface area (Å²) in [5.74, 6) is -0.0681. The minimum Gasteiger partial charge on any atom is -0.395 e. The number of aliphatic hydroxyl groups excluding tert-OH is 1. The first-order valence-corrected chi connectivity index (χ1v) is 5.01. The Bertz CT molecular complexity index is 338. The van der Waals surface area contributed by atoms with E-state index in [-0.39, 0.29) is 12.5 Å². The van der Waals surface area contributed by atoms with Gasteiger partial charge in [-0.25, -0.2) is 0 Å². The molecule has 1 aliphatic carbocycles. The lowest BCUT2D eigenvalue weighted by Crippen LogP contribution is -2.35. The SMILES string of the molecule is O=C(c1ccnnc1)N(CCO)C1CC1. The molecule has 15 heavy (non-hydrogen) atoms. The molecule has 1 N–H and O–H groups in total. The van der Waals surface area contributed by atoms with E-state index >= 15 is 0 Å². The summed E-state index contributed by atoms with van der Waals surface area (Å²) >= 11 is 0. The molecule has 1 saturated carbocycles. The maximum absolute atomic E-state index is 12.0. The summed E-state index contributed by atoms with van der Waals surface area (Å²) in [6.07, 6.45) is 5.01. The maximum atomic E-state index is 12.0. The summed E-state index contributed by atoms with van der Waals surface area (Å²) in [6, 6.07) is 1.94. The summed E-state index contributed by atoms with van der Waals surface area (Å²) in [5, 5.41) is 16.2. The van der Waals surface area contributed by atoms with Gasteiger partial charge in [-0.2, -0.15) is 10.2 Å². The van der Waals surface area contributed by atoms with E-state index in [1.807, 2.05) is 0 Å². The fourth-order valence-electron chi connectivity index (χ4n) is 1.53. The normalized spacial score (nSPS) is 15.0. The van der Waals surface area contributed by atoms with Gasteiger partial charge in [0.2, 0.25) is 0 Å². The molecular weight excluding hydrogens is 194 g/mol. The van der Waals surface area contributed by atoms with E-state index in [1.54, 1.807) is 11.0 Å². The fraction of sp³-hybridized carbons (Fsp3) is 0.500. The Balaban J connectivity index is 2.10. The number of hydrogen-bond donors (Lipinski definition) is 1. The Morgan fingerprint density at radius 3 is 2.87 bits per heavy atom. The number of rotatable bonds is 4. The highest BCUT2D eigenvalue weighted by Gasteiger charge is 2.32. The van der Waals surface area contributed by atoms with Crippen LogP contribution in [0.2, 0.25) is 0 Å². The second-order valence-electron chi connectivity index (χ2n) is 3.58. The van der Waals surface area contributed by atoms with Crippen molar-refractivity contribution in [3.63, 3.8) is 0 Å². The number of aromatic nitrogens is 2. The standard InChI is InChI=1S/C10H13N3O2/c14-6-5-13(9-1-2-9)10(15)8-3-4-11-12-7-8/h3-4,7,9,14H,1-2,5-6H2. The van der Waals surface area contributed by atoms with Crippen LogP contribution in [0.1, 0.15) is 23.2 Å². The molecule has 80 valence electrons. The highest BCUT2D eigenvalue weighted by molar-refractivity contribution is 5.94. The number of amides is 1. The molecule has 0 spiro atoms. The van der Waals surface area contributed by atoms with Crippen molar-refractivity contribution in [3.05, 3.63) is 24.0 Å². The lowest BCUT2D eigenvalue weighted by Gasteiger charge is -2.20. The van der Waals surface area contributed by atoms with Gasteiger partial charge in [0, 0.05) is 12.6 Å². The molecule has 1 amide bonds. The van der Waals surface area contributed by atoms with Gasteiger partial charge in [-0.05, 0) is 18.9 Å². The molecule has 0 radical (unpaired) electrons. The van der Waals surface area contributed by atoms with Crippen molar-refractivity contribution in [1.29, 1.82) is 0 Å². The van der Waals surface area contributed by atoms with Crippen molar-refractivity contribution in [2.45, 2.75) is 18.9 Å². The first-order chi connectivity index (χ1) is 7.33. The smallest absolute Gasteiger partial charge is 0.255 e. The van der Waals surface area contributed by atoms with E-state index in [1.165, 1.54) is 12.4 Å². The van der Waals surface area contributed by atoms with Gasteiger partial charge in [0.15, 0.2) is 0 Å². The van der Waals surface area contributed by atoms with Gasteiger partial charge in [0.05, 0.1) is 24.6 Å². The largest absolute Gasteiger partial charge is 0.395 e. The molecule has 1 aliphatic rings. The number of aliphatic hydroxyl groups is 1. The minimum absolute atomic E-state index is 0.000746. The van der Waals surface area contributed by atoms with E-state index in [9.17, 15) is 4.79 Å². The second-order valence-corrected chi connectivity index (χ2v) is 3.58. The molecule has 1 aromatic rings. The average molecular weight is 207 g/mol. The van der Waals surface area contributed by atoms with Crippen LogP contribution in [-0.4, -0.2) is 45.3 Å². The molecule has 0 saturated heterocycles. The van der Waals surface area contributed by atoms with Gasteiger partial charge in [-0.1, -0.05) is 0 Å². The van der Waals surface area contributed by atoms with Crippen molar-refractivity contribution >= 4 is 5.91 Å². The van der Waals surface area contributed by atoms with Crippen LogP contribution < -0.4 is 0 Å². The molecule has 0 aromatic carbocycles. The van der Waals surface area contributed by atoms with Crippen LogP contribution >= 0.6 is 0 Å². The highest BCUT2D eigenvalue weighted by atomic mass is 16.3. The van der Waals surface area contributed by atoms with Gasteiger partial charge in [-0.3, -0.25) is 4.79 Å². The summed E-state index contributed by atoms with van der Waals surface area (Å²) in [5.41, 5.74) is 0.533. The predicted molar refractivity (Wildman–Crippen MR) is 53.2 cm³/mol. The zero-order valence-electron chi connectivity index (χ0n) is 8.33. The van der Waals surface area contributed by atoms with Crippen LogP contribution in [-0.2, 0) is 0 Å². The number of nitrogens with zero attached hydrogens (tertiary/aromatic N) is 3. The third-order valence-electron chi connectivity index (χ3n) is 2.42. The maximum Gasteiger partial charge on any atom is 0.255 e. The first kappa shape index (κ1) is 10.0. The van der Waals surface area contributed by atoms with Crippen LogP contribution in [0.25, 0.3) is 0 Å². The Labute approximate surface area is 87.7 Å². The minimum atomic E-state index is -0.0681. The van der Waals surface area contributed by atoms with E-state index in [4.69, 9.17) is 5.11 Å². The third-order valence-corrected chi connectivity index (χ3v) is 2.42. The summed E-state index contributed by atoms with van der Waals surface area (Å²) in [4.78, 5) is 13.7. The molecular formula is C10H13N3O2. The molecule has 0 aliphatic heterocycles. The predicted octanol–water partition coefficient (Wildman–Crippen LogP) is 0.0735. The molecule has 0 atom stereocenters. The quantitative estimate of drug-likeness (QED) is 0.759. The van der Waals surface area contributed by atoms with Crippen LogP contribution in [0.4, 0.5) is 0 Å². The highest BCUT2D eigenvalue weighted by Crippen LogP contribution is 2.27. The van der Waals surface area contributed by atoms with Crippen molar-refractivity contribution in [2.24, 2.45) is 0 Å². The topological polar surface area (TPSA) is 66.3 Å². The van der Waals surface area contributed by atoms with Crippen LogP contribution in [0.3, 0.4) is 0 Å². The summed E-state index contributed by atoms with van der Waals surface area (Å²) in [7, 11) is 0. The van der Waals surface area contributed by atoms with Gasteiger partial charge in [-0.15, -0.1) is 0 Å². The number of carbonyl (C=O) groups excluding carboxylic acids is 1. The molecule has 1 fully saturated rings. The van der Waals surface area contributed by atoms with Crippen molar-refractivity contribution in [1.82, 2.24) is 15.1 Å². The van der Waals surface area contributed by atoms with Gasteiger partial charge in [0.25, 0.3) is 5.91 Å². The average Bonchev–Trinajstić information content (AvgIpc) is 3.10. The summed E-state index contributed by atoms with van der Waals surface area (Å²) < 4.78 is 0.